The second kappa shape index (κ2) is 5.34. The molecule has 1 heterocycles. The topological polar surface area (TPSA) is 27.6 Å². The number of nitrogens with zero attached hydrogens (tertiary/aromatic N) is 2. The van der Waals surface area contributed by atoms with Gasteiger partial charge in [0.2, 0.25) is 0 Å². The van der Waals surface area contributed by atoms with E-state index in [0.29, 0.717) is 0 Å². The molecule has 16 heavy (non-hydrogen) atoms. The molecule has 1 N–H and O–H groups in total. The molecular formula is C12H16BrN3. The maximum absolute atomic E-state index is 4.39. The van der Waals surface area contributed by atoms with Gasteiger partial charge in [-0.1, -0.05) is 28.1 Å². The summed E-state index contributed by atoms with van der Waals surface area (Å²) in [5.41, 5.74) is 1.34. The standard InChI is InChI=1S/C12H16BrN3/c1-16-9-8-15-12(16)14-7-6-10-2-4-11(13)5-3-10/h2-5H,6-9H2,1H3,(H,14,15). The Labute approximate surface area is 105 Å². The Morgan fingerprint density at radius 3 is 2.75 bits per heavy atom. The average Bonchev–Trinajstić information content (AvgIpc) is 2.68. The van der Waals surface area contributed by atoms with Crippen molar-refractivity contribution < 1.29 is 0 Å². The van der Waals surface area contributed by atoms with Crippen molar-refractivity contribution in [1.82, 2.24) is 10.2 Å². The number of hydrogen-bond donors (Lipinski definition) is 1. The highest BCUT2D eigenvalue weighted by molar-refractivity contribution is 9.10. The first-order valence-corrected chi connectivity index (χ1v) is 6.29. The number of hydrogen-bond acceptors (Lipinski definition) is 3. The van der Waals surface area contributed by atoms with E-state index in [1.54, 1.807) is 0 Å². The number of guanidine groups is 1. The molecule has 86 valence electrons. The SMILES string of the molecule is CN1CCN=C1NCCc1ccc(Br)cc1. The highest BCUT2D eigenvalue weighted by Gasteiger charge is 2.10. The normalized spacial score (nSPS) is 15.1. The third kappa shape index (κ3) is 2.98. The molecule has 0 atom stereocenters. The van der Waals surface area contributed by atoms with E-state index in [9.17, 15) is 0 Å². The number of nitrogens with one attached hydrogen (secondary N) is 1. The van der Waals surface area contributed by atoms with Gasteiger partial charge in [0.05, 0.1) is 6.54 Å². The minimum absolute atomic E-state index is 0.914. The summed E-state index contributed by atoms with van der Waals surface area (Å²) in [7, 11) is 2.07. The molecule has 0 bridgehead atoms. The van der Waals surface area contributed by atoms with Crippen LogP contribution in [0.2, 0.25) is 0 Å². The van der Waals surface area contributed by atoms with E-state index in [-0.39, 0.29) is 0 Å². The zero-order valence-electron chi connectivity index (χ0n) is 9.41. The summed E-state index contributed by atoms with van der Waals surface area (Å²) in [5.74, 6) is 1.03. The third-order valence-electron chi connectivity index (χ3n) is 2.67. The highest BCUT2D eigenvalue weighted by Crippen LogP contribution is 2.10. The predicted octanol–water partition coefficient (Wildman–Crippen LogP) is 1.88. The molecule has 2 rings (SSSR count). The first-order valence-electron chi connectivity index (χ1n) is 5.49. The van der Waals surface area contributed by atoms with Gasteiger partial charge in [-0.15, -0.1) is 0 Å². The maximum atomic E-state index is 4.39. The van der Waals surface area contributed by atoms with E-state index in [2.05, 4.69) is 62.5 Å². The smallest absolute Gasteiger partial charge is 0.193 e. The Morgan fingerprint density at radius 2 is 2.12 bits per heavy atom. The Bertz CT molecular complexity index is 372. The van der Waals surface area contributed by atoms with Gasteiger partial charge in [-0.3, -0.25) is 4.99 Å². The van der Waals surface area contributed by atoms with Crippen LogP contribution in [0.25, 0.3) is 0 Å². The van der Waals surface area contributed by atoms with Crippen molar-refractivity contribution in [2.45, 2.75) is 6.42 Å². The predicted molar refractivity (Wildman–Crippen MR) is 70.8 cm³/mol. The molecule has 1 aliphatic heterocycles. The Hall–Kier alpha value is -1.03. The molecule has 0 spiro atoms. The van der Waals surface area contributed by atoms with E-state index in [0.717, 1.165) is 36.5 Å². The quantitative estimate of drug-likeness (QED) is 0.916. The first kappa shape index (κ1) is 11.5. The lowest BCUT2D eigenvalue weighted by Gasteiger charge is -2.15. The van der Waals surface area contributed by atoms with Crippen molar-refractivity contribution in [3.05, 3.63) is 34.3 Å². The number of aliphatic imine (C=N–C) groups is 1. The summed E-state index contributed by atoms with van der Waals surface area (Å²) in [6.45, 7) is 2.88. The number of benzene rings is 1. The summed E-state index contributed by atoms with van der Waals surface area (Å²) >= 11 is 3.43. The molecule has 0 amide bonds. The van der Waals surface area contributed by atoms with Crippen LogP contribution in [0, 0.1) is 0 Å². The van der Waals surface area contributed by atoms with Crippen molar-refractivity contribution in [3.63, 3.8) is 0 Å². The first-order chi connectivity index (χ1) is 7.75. The van der Waals surface area contributed by atoms with Crippen LogP contribution in [0.15, 0.2) is 33.7 Å². The van der Waals surface area contributed by atoms with Crippen LogP contribution in [-0.4, -0.2) is 37.5 Å². The molecule has 3 nitrogen and oxygen atoms in total. The van der Waals surface area contributed by atoms with Gasteiger partial charge in [-0.05, 0) is 24.1 Å². The number of halogens is 1. The Balaban J connectivity index is 1.78. The van der Waals surface area contributed by atoms with Crippen molar-refractivity contribution in [2.24, 2.45) is 4.99 Å². The Morgan fingerprint density at radius 1 is 1.38 bits per heavy atom. The largest absolute Gasteiger partial charge is 0.356 e. The van der Waals surface area contributed by atoms with Crippen LogP contribution in [0.1, 0.15) is 5.56 Å². The maximum Gasteiger partial charge on any atom is 0.193 e. The van der Waals surface area contributed by atoms with Gasteiger partial charge in [0.15, 0.2) is 5.96 Å². The third-order valence-corrected chi connectivity index (χ3v) is 3.20. The molecule has 0 unspecified atom stereocenters. The zero-order valence-corrected chi connectivity index (χ0v) is 11.0. The zero-order chi connectivity index (χ0) is 11.4. The van der Waals surface area contributed by atoms with E-state index in [1.807, 2.05) is 0 Å². The van der Waals surface area contributed by atoms with Crippen molar-refractivity contribution in [1.29, 1.82) is 0 Å². The van der Waals surface area contributed by atoms with E-state index >= 15 is 0 Å². The fraction of sp³-hybridized carbons (Fsp3) is 0.417. The van der Waals surface area contributed by atoms with Gasteiger partial charge in [-0.2, -0.15) is 0 Å². The molecule has 0 saturated carbocycles. The molecule has 1 aromatic rings. The van der Waals surface area contributed by atoms with Crippen LogP contribution >= 0.6 is 15.9 Å². The minimum Gasteiger partial charge on any atom is -0.356 e. The van der Waals surface area contributed by atoms with Crippen molar-refractivity contribution in [2.75, 3.05) is 26.7 Å². The molecule has 0 saturated heterocycles. The summed E-state index contributed by atoms with van der Waals surface area (Å²) in [4.78, 5) is 6.54. The molecule has 0 fully saturated rings. The van der Waals surface area contributed by atoms with E-state index < -0.39 is 0 Å². The van der Waals surface area contributed by atoms with Crippen LogP contribution < -0.4 is 5.32 Å². The average molecular weight is 282 g/mol. The van der Waals surface area contributed by atoms with Crippen LogP contribution in [0.3, 0.4) is 0 Å². The van der Waals surface area contributed by atoms with Gasteiger partial charge in [0.1, 0.15) is 0 Å². The molecule has 0 radical (unpaired) electrons. The molecule has 1 aliphatic rings. The van der Waals surface area contributed by atoms with Gasteiger partial charge >= 0.3 is 0 Å². The van der Waals surface area contributed by atoms with Crippen LogP contribution in [-0.2, 0) is 6.42 Å². The fourth-order valence-corrected chi connectivity index (χ4v) is 1.96. The lowest BCUT2D eigenvalue weighted by molar-refractivity contribution is 0.534. The molecule has 0 aromatic heterocycles. The minimum atomic E-state index is 0.914. The summed E-state index contributed by atoms with van der Waals surface area (Å²) in [6, 6.07) is 8.45. The second-order valence-corrected chi connectivity index (χ2v) is 4.85. The van der Waals surface area contributed by atoms with Crippen molar-refractivity contribution in [3.8, 4) is 0 Å². The molecular weight excluding hydrogens is 266 g/mol. The molecule has 0 aliphatic carbocycles. The lowest BCUT2D eigenvalue weighted by Crippen LogP contribution is -2.36. The highest BCUT2D eigenvalue weighted by atomic mass is 79.9. The lowest BCUT2D eigenvalue weighted by atomic mass is 10.1. The second-order valence-electron chi connectivity index (χ2n) is 3.93. The van der Waals surface area contributed by atoms with Crippen molar-refractivity contribution >= 4 is 21.9 Å². The van der Waals surface area contributed by atoms with Gasteiger partial charge < -0.3 is 10.2 Å². The Kier molecular flexibility index (Phi) is 3.83. The summed E-state index contributed by atoms with van der Waals surface area (Å²) < 4.78 is 1.13. The van der Waals surface area contributed by atoms with Crippen LogP contribution in [0.5, 0.6) is 0 Å². The number of rotatable bonds is 3. The van der Waals surface area contributed by atoms with Gasteiger partial charge in [-0.25, -0.2) is 0 Å². The molecule has 1 aromatic carbocycles. The van der Waals surface area contributed by atoms with Gasteiger partial charge in [0.25, 0.3) is 0 Å². The van der Waals surface area contributed by atoms with E-state index in [4.69, 9.17) is 0 Å². The monoisotopic (exact) mass is 281 g/mol. The molecule has 4 heteroatoms. The fourth-order valence-electron chi connectivity index (χ4n) is 1.69. The summed E-state index contributed by atoms with van der Waals surface area (Å²) in [6.07, 6.45) is 1.03. The number of likely N-dealkylation sites (N-methyl/N-ethyl adjacent to an activating group) is 1. The summed E-state index contributed by atoms with van der Waals surface area (Å²) in [5, 5.41) is 3.36. The van der Waals surface area contributed by atoms with Gasteiger partial charge in [0, 0.05) is 24.6 Å². The van der Waals surface area contributed by atoms with E-state index in [1.165, 1.54) is 5.56 Å². The van der Waals surface area contributed by atoms with Crippen LogP contribution in [0.4, 0.5) is 0 Å².